The minimum Gasteiger partial charge on any atom is -0.227 e. The molecule has 0 spiro atoms. The second-order valence-electron chi connectivity index (χ2n) is 4.67. The van der Waals surface area contributed by atoms with E-state index in [9.17, 15) is 0 Å². The Kier molecular flexibility index (Phi) is 3.59. The molecule has 1 aromatic heterocycles. The van der Waals surface area contributed by atoms with Gasteiger partial charge in [-0.15, -0.1) is 0 Å². The van der Waals surface area contributed by atoms with Gasteiger partial charge in [-0.2, -0.15) is 10.5 Å². The van der Waals surface area contributed by atoms with Crippen molar-refractivity contribution in [3.05, 3.63) is 72.3 Å². The lowest BCUT2D eigenvalue weighted by Crippen LogP contribution is -1.89. The molecule has 4 nitrogen and oxygen atoms in total. The summed E-state index contributed by atoms with van der Waals surface area (Å²) in [6, 6.07) is 19.5. The van der Waals surface area contributed by atoms with Crippen LogP contribution in [-0.2, 0) is 0 Å². The summed E-state index contributed by atoms with van der Waals surface area (Å²) in [5, 5.41) is 17.5. The molecule has 22 heavy (non-hydrogen) atoms. The minimum absolute atomic E-state index is 0.165. The van der Waals surface area contributed by atoms with Crippen LogP contribution in [0.3, 0.4) is 0 Å². The molecule has 0 aliphatic carbocycles. The SMILES string of the molecule is N#Cc1ccc(-c2ccc(-c3cnc(C#N)nc3)cc2)cc1. The number of rotatable bonds is 2. The molecule has 0 atom stereocenters. The van der Waals surface area contributed by atoms with Gasteiger partial charge in [0.15, 0.2) is 0 Å². The molecule has 0 aliphatic heterocycles. The third-order valence-corrected chi connectivity index (χ3v) is 3.32. The van der Waals surface area contributed by atoms with Crippen molar-refractivity contribution in [3.63, 3.8) is 0 Å². The summed E-state index contributed by atoms with van der Waals surface area (Å²) in [5.74, 6) is 0.165. The van der Waals surface area contributed by atoms with Gasteiger partial charge in [0.2, 0.25) is 5.82 Å². The Morgan fingerprint density at radius 3 is 1.50 bits per heavy atom. The first-order valence-corrected chi connectivity index (χ1v) is 6.63. The van der Waals surface area contributed by atoms with E-state index < -0.39 is 0 Å². The van der Waals surface area contributed by atoms with Gasteiger partial charge in [-0.25, -0.2) is 9.97 Å². The summed E-state index contributed by atoms with van der Waals surface area (Å²) in [7, 11) is 0. The molecule has 0 radical (unpaired) electrons. The monoisotopic (exact) mass is 282 g/mol. The highest BCUT2D eigenvalue weighted by molar-refractivity contribution is 5.70. The van der Waals surface area contributed by atoms with Crippen LogP contribution in [0.25, 0.3) is 22.3 Å². The predicted octanol–water partition coefficient (Wildman–Crippen LogP) is 3.55. The normalized spacial score (nSPS) is 9.73. The van der Waals surface area contributed by atoms with Crippen molar-refractivity contribution in [2.45, 2.75) is 0 Å². The molecule has 102 valence electrons. The average Bonchev–Trinajstić information content (AvgIpc) is 2.62. The van der Waals surface area contributed by atoms with Gasteiger partial charge in [0.1, 0.15) is 6.07 Å². The lowest BCUT2D eigenvalue weighted by Gasteiger charge is -2.04. The van der Waals surface area contributed by atoms with E-state index in [1.165, 1.54) is 0 Å². The Hall–Kier alpha value is -3.50. The number of benzene rings is 2. The highest BCUT2D eigenvalue weighted by atomic mass is 14.9. The Morgan fingerprint density at radius 2 is 1.05 bits per heavy atom. The van der Waals surface area contributed by atoms with Crippen LogP contribution in [0.15, 0.2) is 60.9 Å². The van der Waals surface area contributed by atoms with Crippen molar-refractivity contribution in [1.82, 2.24) is 9.97 Å². The van der Waals surface area contributed by atoms with Crippen molar-refractivity contribution in [1.29, 1.82) is 10.5 Å². The molecule has 2 aromatic carbocycles. The quantitative estimate of drug-likeness (QED) is 0.720. The molecule has 4 heteroatoms. The minimum atomic E-state index is 0.165. The van der Waals surface area contributed by atoms with Crippen LogP contribution in [0, 0.1) is 22.7 Å². The highest BCUT2D eigenvalue weighted by Gasteiger charge is 2.02. The molecule has 0 saturated heterocycles. The lowest BCUT2D eigenvalue weighted by atomic mass is 10.0. The van der Waals surface area contributed by atoms with Crippen LogP contribution in [0.4, 0.5) is 0 Å². The molecule has 0 fully saturated rings. The molecule has 3 rings (SSSR count). The first-order chi connectivity index (χ1) is 10.8. The summed E-state index contributed by atoms with van der Waals surface area (Å²) < 4.78 is 0. The van der Waals surface area contributed by atoms with E-state index in [0.717, 1.165) is 22.3 Å². The van der Waals surface area contributed by atoms with Crippen molar-refractivity contribution >= 4 is 0 Å². The zero-order chi connectivity index (χ0) is 15.4. The van der Waals surface area contributed by atoms with Gasteiger partial charge in [0.05, 0.1) is 11.6 Å². The fourth-order valence-electron chi connectivity index (χ4n) is 2.13. The topological polar surface area (TPSA) is 73.4 Å². The Balaban J connectivity index is 1.88. The molecule has 0 amide bonds. The van der Waals surface area contributed by atoms with Crippen LogP contribution in [0.2, 0.25) is 0 Å². The fraction of sp³-hybridized carbons (Fsp3) is 0. The zero-order valence-corrected chi connectivity index (χ0v) is 11.6. The predicted molar refractivity (Wildman–Crippen MR) is 82.3 cm³/mol. The maximum atomic E-state index is 8.82. The molecule has 0 aliphatic rings. The van der Waals surface area contributed by atoms with E-state index >= 15 is 0 Å². The first kappa shape index (κ1) is 13.5. The van der Waals surface area contributed by atoms with E-state index in [0.29, 0.717) is 5.56 Å². The number of nitrogens with zero attached hydrogens (tertiary/aromatic N) is 4. The Labute approximate surface area is 127 Å². The third kappa shape index (κ3) is 2.67. The molecule has 1 heterocycles. The van der Waals surface area contributed by atoms with E-state index in [4.69, 9.17) is 10.5 Å². The van der Waals surface area contributed by atoms with Gasteiger partial charge < -0.3 is 0 Å². The van der Waals surface area contributed by atoms with Gasteiger partial charge in [-0.05, 0) is 28.8 Å². The number of aromatic nitrogens is 2. The lowest BCUT2D eigenvalue weighted by molar-refractivity contribution is 1.12. The number of hydrogen-bond acceptors (Lipinski definition) is 4. The van der Waals surface area contributed by atoms with E-state index in [1.54, 1.807) is 24.5 Å². The van der Waals surface area contributed by atoms with Crippen molar-refractivity contribution in [2.75, 3.05) is 0 Å². The van der Waals surface area contributed by atoms with E-state index in [1.807, 2.05) is 42.5 Å². The molecule has 0 bridgehead atoms. The van der Waals surface area contributed by atoms with E-state index in [-0.39, 0.29) is 5.82 Å². The first-order valence-electron chi connectivity index (χ1n) is 6.63. The van der Waals surface area contributed by atoms with Crippen molar-refractivity contribution in [2.24, 2.45) is 0 Å². The van der Waals surface area contributed by atoms with Crippen LogP contribution >= 0.6 is 0 Å². The summed E-state index contributed by atoms with van der Waals surface area (Å²) in [6.07, 6.45) is 3.28. The van der Waals surface area contributed by atoms with Gasteiger partial charge in [0.25, 0.3) is 0 Å². The largest absolute Gasteiger partial charge is 0.232 e. The van der Waals surface area contributed by atoms with Crippen LogP contribution < -0.4 is 0 Å². The second kappa shape index (κ2) is 5.87. The van der Waals surface area contributed by atoms with E-state index in [2.05, 4.69) is 16.0 Å². The van der Waals surface area contributed by atoms with Crippen LogP contribution in [0.1, 0.15) is 11.4 Å². The Morgan fingerprint density at radius 1 is 0.591 bits per heavy atom. The van der Waals surface area contributed by atoms with Gasteiger partial charge >= 0.3 is 0 Å². The maximum absolute atomic E-state index is 8.82. The maximum Gasteiger partial charge on any atom is 0.232 e. The highest BCUT2D eigenvalue weighted by Crippen LogP contribution is 2.24. The molecule has 0 unspecified atom stereocenters. The van der Waals surface area contributed by atoms with Crippen molar-refractivity contribution in [3.8, 4) is 34.4 Å². The summed E-state index contributed by atoms with van der Waals surface area (Å²) in [5.41, 5.74) is 4.63. The van der Waals surface area contributed by atoms with Crippen LogP contribution in [-0.4, -0.2) is 9.97 Å². The van der Waals surface area contributed by atoms with Gasteiger partial charge in [-0.1, -0.05) is 36.4 Å². The molecular weight excluding hydrogens is 272 g/mol. The molecule has 3 aromatic rings. The summed E-state index contributed by atoms with van der Waals surface area (Å²) in [6.45, 7) is 0. The van der Waals surface area contributed by atoms with Crippen molar-refractivity contribution < 1.29 is 0 Å². The fourth-order valence-corrected chi connectivity index (χ4v) is 2.13. The molecular formula is C18H10N4. The van der Waals surface area contributed by atoms with Gasteiger partial charge in [-0.3, -0.25) is 0 Å². The smallest absolute Gasteiger partial charge is 0.227 e. The Bertz CT molecular complexity index is 788. The molecule has 0 saturated carbocycles. The second-order valence-corrected chi connectivity index (χ2v) is 4.67. The number of hydrogen-bond donors (Lipinski definition) is 0. The van der Waals surface area contributed by atoms with Gasteiger partial charge in [0, 0.05) is 18.0 Å². The summed E-state index contributed by atoms with van der Waals surface area (Å²) in [4.78, 5) is 7.94. The van der Waals surface area contributed by atoms with Crippen LogP contribution in [0.5, 0.6) is 0 Å². The standard InChI is InChI=1S/C18H10N4/c19-9-13-1-3-14(4-2-13)15-5-7-16(8-6-15)17-11-21-18(10-20)22-12-17/h1-8,11-12H. The number of nitriles is 2. The molecule has 0 N–H and O–H groups in total. The third-order valence-electron chi connectivity index (χ3n) is 3.32. The summed E-state index contributed by atoms with van der Waals surface area (Å²) >= 11 is 0. The average molecular weight is 282 g/mol. The zero-order valence-electron chi connectivity index (χ0n) is 11.6.